The van der Waals surface area contributed by atoms with Gasteiger partial charge in [-0.25, -0.2) is 13.2 Å². The second-order valence-electron chi connectivity index (χ2n) is 6.89. The van der Waals surface area contributed by atoms with Crippen molar-refractivity contribution in [2.75, 3.05) is 4.72 Å². The number of aromatic amines is 2. The Hall–Kier alpha value is -3.52. The summed E-state index contributed by atoms with van der Waals surface area (Å²) in [5.41, 5.74) is 3.29. The van der Waals surface area contributed by atoms with Gasteiger partial charge in [-0.05, 0) is 49.4 Å². The molecule has 0 unspecified atom stereocenters. The standard InChI is InChI=1S/C21H18N4O3S/c1-2-25-19-6-4-3-5-15(19)16-11-13(7-10-20(16)25)24-29(27,28)14-8-9-17-18(12-14)23-21(26)22-17/h3-12,24H,2H2,1H3,(H2,22,23,26). The van der Waals surface area contributed by atoms with E-state index in [1.165, 1.54) is 12.1 Å². The lowest BCUT2D eigenvalue weighted by Gasteiger charge is -2.09. The first-order valence-electron chi connectivity index (χ1n) is 9.22. The van der Waals surface area contributed by atoms with Gasteiger partial charge in [0.25, 0.3) is 10.0 Å². The molecule has 0 saturated heterocycles. The summed E-state index contributed by atoms with van der Waals surface area (Å²) in [5, 5.41) is 2.07. The molecule has 0 saturated carbocycles. The highest BCUT2D eigenvalue weighted by atomic mass is 32.2. The molecule has 0 aliphatic rings. The SMILES string of the molecule is CCn1c2ccccc2c2cc(NS(=O)(=O)c3ccc4[nH]c(=O)[nH]c4c3)ccc21. The normalized spacial score (nSPS) is 12.2. The van der Waals surface area contributed by atoms with Crippen LogP contribution in [0.3, 0.4) is 0 Å². The molecular weight excluding hydrogens is 388 g/mol. The minimum Gasteiger partial charge on any atom is -0.341 e. The number of para-hydroxylation sites is 1. The summed E-state index contributed by atoms with van der Waals surface area (Å²) in [6, 6.07) is 18.1. The Labute approximate surface area is 166 Å². The van der Waals surface area contributed by atoms with Gasteiger partial charge in [0.05, 0.1) is 15.9 Å². The molecule has 0 atom stereocenters. The molecule has 0 bridgehead atoms. The number of hydrogen-bond donors (Lipinski definition) is 3. The summed E-state index contributed by atoms with van der Waals surface area (Å²) in [7, 11) is -3.81. The van der Waals surface area contributed by atoms with Gasteiger partial charge in [-0.2, -0.15) is 0 Å². The number of hydrogen-bond acceptors (Lipinski definition) is 3. The van der Waals surface area contributed by atoms with E-state index in [2.05, 4.69) is 32.2 Å². The molecule has 146 valence electrons. The van der Waals surface area contributed by atoms with E-state index in [4.69, 9.17) is 0 Å². The first-order valence-corrected chi connectivity index (χ1v) is 10.7. The van der Waals surface area contributed by atoms with Crippen molar-refractivity contribution in [2.45, 2.75) is 18.4 Å². The van der Waals surface area contributed by atoms with E-state index < -0.39 is 10.0 Å². The lowest BCUT2D eigenvalue weighted by Crippen LogP contribution is -2.12. The van der Waals surface area contributed by atoms with E-state index in [1.54, 1.807) is 12.1 Å². The van der Waals surface area contributed by atoms with E-state index in [1.807, 2.05) is 30.3 Å². The Balaban J connectivity index is 1.59. The Bertz CT molecular complexity index is 1560. The molecule has 29 heavy (non-hydrogen) atoms. The Morgan fingerprint density at radius 3 is 2.48 bits per heavy atom. The smallest absolute Gasteiger partial charge is 0.323 e. The minimum atomic E-state index is -3.81. The minimum absolute atomic E-state index is 0.0799. The van der Waals surface area contributed by atoms with Crippen LogP contribution in [0, 0.1) is 0 Å². The summed E-state index contributed by atoms with van der Waals surface area (Å²) < 4.78 is 30.6. The van der Waals surface area contributed by atoms with Crippen molar-refractivity contribution in [2.24, 2.45) is 0 Å². The fourth-order valence-electron chi connectivity index (χ4n) is 3.85. The number of nitrogens with zero attached hydrogens (tertiary/aromatic N) is 1. The molecule has 0 aliphatic carbocycles. The van der Waals surface area contributed by atoms with Crippen LogP contribution in [0.1, 0.15) is 6.92 Å². The summed E-state index contributed by atoms with van der Waals surface area (Å²) in [4.78, 5) is 16.7. The van der Waals surface area contributed by atoms with Crippen LogP contribution in [-0.2, 0) is 16.6 Å². The van der Waals surface area contributed by atoms with Crippen LogP contribution in [0.15, 0.2) is 70.4 Å². The van der Waals surface area contributed by atoms with Crippen molar-refractivity contribution < 1.29 is 8.42 Å². The molecule has 0 spiro atoms. The third-order valence-electron chi connectivity index (χ3n) is 5.14. The maximum atomic E-state index is 12.9. The summed E-state index contributed by atoms with van der Waals surface area (Å²) >= 11 is 0. The van der Waals surface area contributed by atoms with Gasteiger partial charge in [0.15, 0.2) is 0 Å². The van der Waals surface area contributed by atoms with E-state index in [-0.39, 0.29) is 10.6 Å². The molecule has 2 heterocycles. The number of fused-ring (bicyclic) bond motifs is 4. The number of imidazole rings is 1. The third-order valence-corrected chi connectivity index (χ3v) is 6.52. The highest BCUT2D eigenvalue weighted by Crippen LogP contribution is 2.31. The zero-order valence-electron chi connectivity index (χ0n) is 15.6. The van der Waals surface area contributed by atoms with Crippen LogP contribution in [0.5, 0.6) is 0 Å². The number of sulfonamides is 1. The zero-order chi connectivity index (χ0) is 20.2. The lowest BCUT2D eigenvalue weighted by molar-refractivity contribution is 0.601. The van der Waals surface area contributed by atoms with Crippen LogP contribution < -0.4 is 10.4 Å². The van der Waals surface area contributed by atoms with Crippen LogP contribution in [0.2, 0.25) is 0 Å². The van der Waals surface area contributed by atoms with Crippen molar-refractivity contribution in [3.05, 3.63) is 71.1 Å². The molecule has 8 heteroatoms. The Kier molecular flexibility index (Phi) is 3.78. The van der Waals surface area contributed by atoms with E-state index in [0.29, 0.717) is 16.7 Å². The molecule has 5 aromatic rings. The van der Waals surface area contributed by atoms with Gasteiger partial charge in [-0.15, -0.1) is 0 Å². The summed E-state index contributed by atoms with van der Waals surface area (Å²) in [5.74, 6) is 0. The molecule has 3 N–H and O–H groups in total. The Morgan fingerprint density at radius 2 is 1.66 bits per heavy atom. The molecule has 0 fully saturated rings. The molecular formula is C21H18N4O3S. The highest BCUT2D eigenvalue weighted by molar-refractivity contribution is 7.92. The summed E-state index contributed by atoms with van der Waals surface area (Å²) in [6.45, 7) is 2.91. The number of rotatable bonds is 4. The van der Waals surface area contributed by atoms with Crippen LogP contribution >= 0.6 is 0 Å². The number of benzene rings is 3. The van der Waals surface area contributed by atoms with Crippen molar-refractivity contribution in [3.63, 3.8) is 0 Å². The molecule has 3 aromatic carbocycles. The highest BCUT2D eigenvalue weighted by Gasteiger charge is 2.17. The predicted octanol–water partition coefficient (Wildman–Crippen LogP) is 3.78. The maximum absolute atomic E-state index is 12.9. The number of anilines is 1. The van der Waals surface area contributed by atoms with Gasteiger partial charge < -0.3 is 14.5 Å². The number of H-pyrrole nitrogens is 2. The predicted molar refractivity (Wildman–Crippen MR) is 115 cm³/mol. The average molecular weight is 406 g/mol. The first kappa shape index (κ1) is 17.6. The molecule has 0 radical (unpaired) electrons. The molecule has 0 aliphatic heterocycles. The third kappa shape index (κ3) is 2.80. The summed E-state index contributed by atoms with van der Waals surface area (Å²) in [6.07, 6.45) is 0. The number of aryl methyl sites for hydroxylation is 1. The second-order valence-corrected chi connectivity index (χ2v) is 8.57. The zero-order valence-corrected chi connectivity index (χ0v) is 16.4. The van der Waals surface area contributed by atoms with E-state index in [0.717, 1.165) is 28.4 Å². The van der Waals surface area contributed by atoms with E-state index in [9.17, 15) is 13.2 Å². The van der Waals surface area contributed by atoms with Crippen molar-refractivity contribution >= 4 is 48.5 Å². The maximum Gasteiger partial charge on any atom is 0.323 e. The Morgan fingerprint density at radius 1 is 0.897 bits per heavy atom. The van der Waals surface area contributed by atoms with Gasteiger partial charge in [-0.1, -0.05) is 18.2 Å². The molecule has 0 amide bonds. The average Bonchev–Trinajstić information content (AvgIpc) is 3.23. The van der Waals surface area contributed by atoms with Gasteiger partial charge in [0.2, 0.25) is 0 Å². The van der Waals surface area contributed by atoms with Gasteiger partial charge >= 0.3 is 5.69 Å². The van der Waals surface area contributed by atoms with E-state index >= 15 is 0 Å². The van der Waals surface area contributed by atoms with Crippen LogP contribution in [0.4, 0.5) is 5.69 Å². The second kappa shape index (κ2) is 6.25. The van der Waals surface area contributed by atoms with Crippen LogP contribution in [-0.4, -0.2) is 23.0 Å². The topological polar surface area (TPSA) is 99.8 Å². The lowest BCUT2D eigenvalue weighted by atomic mass is 10.1. The largest absolute Gasteiger partial charge is 0.341 e. The fourth-order valence-corrected chi connectivity index (χ4v) is 4.93. The molecule has 2 aromatic heterocycles. The van der Waals surface area contributed by atoms with Crippen molar-refractivity contribution in [3.8, 4) is 0 Å². The van der Waals surface area contributed by atoms with Crippen molar-refractivity contribution in [1.82, 2.24) is 14.5 Å². The molecule has 7 nitrogen and oxygen atoms in total. The molecule has 5 rings (SSSR count). The van der Waals surface area contributed by atoms with Gasteiger partial charge in [0.1, 0.15) is 0 Å². The van der Waals surface area contributed by atoms with Crippen molar-refractivity contribution in [1.29, 1.82) is 0 Å². The van der Waals surface area contributed by atoms with Crippen LogP contribution in [0.25, 0.3) is 32.8 Å². The fraction of sp³-hybridized carbons (Fsp3) is 0.0952. The number of aromatic nitrogens is 3. The van der Waals surface area contributed by atoms with Gasteiger partial charge in [-0.3, -0.25) is 4.72 Å². The quantitative estimate of drug-likeness (QED) is 0.423. The monoisotopic (exact) mass is 406 g/mol. The first-order chi connectivity index (χ1) is 14.0. The number of nitrogens with one attached hydrogen (secondary N) is 3. The van der Waals surface area contributed by atoms with Gasteiger partial charge in [0, 0.05) is 34.0 Å².